The van der Waals surface area contributed by atoms with Crippen LogP contribution >= 0.6 is 23.1 Å². The van der Waals surface area contributed by atoms with Gasteiger partial charge < -0.3 is 10.1 Å². The standard InChI is InChI=1S/C13H21N5O5S3/c1-18(26(2,21)22)7-10(19)15-12-16-17-13(25-12)24-8-11(20)14-6-9-4-3-5-23-9/h9H,3-8H2,1-2H3,(H,14,20)(H,15,16,19). The Kier molecular flexibility index (Phi) is 7.76. The first-order chi connectivity index (χ1) is 12.2. The molecule has 1 fully saturated rings. The maximum atomic E-state index is 11.8. The number of carbonyl (C=O) groups excluding carboxylic acids is 2. The highest BCUT2D eigenvalue weighted by Crippen LogP contribution is 2.25. The fourth-order valence-corrected chi connectivity index (χ4v) is 3.96. The number of anilines is 1. The predicted molar refractivity (Wildman–Crippen MR) is 98.7 cm³/mol. The number of hydrogen-bond donors (Lipinski definition) is 2. The van der Waals surface area contributed by atoms with E-state index >= 15 is 0 Å². The molecule has 0 spiro atoms. The molecule has 1 aliphatic rings. The van der Waals surface area contributed by atoms with Crippen LogP contribution in [-0.4, -0.2) is 79.6 Å². The molecular formula is C13H21N5O5S3. The van der Waals surface area contributed by atoms with E-state index in [1.54, 1.807) is 0 Å². The zero-order valence-electron chi connectivity index (χ0n) is 14.4. The molecule has 2 amide bonds. The van der Waals surface area contributed by atoms with Gasteiger partial charge in [-0.1, -0.05) is 23.1 Å². The summed E-state index contributed by atoms with van der Waals surface area (Å²) in [6.07, 6.45) is 3.09. The van der Waals surface area contributed by atoms with Crippen LogP contribution in [0.1, 0.15) is 12.8 Å². The molecule has 1 unspecified atom stereocenters. The van der Waals surface area contributed by atoms with Crippen molar-refractivity contribution in [3.63, 3.8) is 0 Å². The number of hydrogen-bond acceptors (Lipinski definition) is 9. The Morgan fingerprint density at radius 1 is 1.38 bits per heavy atom. The lowest BCUT2D eigenvalue weighted by molar-refractivity contribution is -0.119. The lowest BCUT2D eigenvalue weighted by Crippen LogP contribution is -2.34. The van der Waals surface area contributed by atoms with E-state index in [0.29, 0.717) is 10.9 Å². The van der Waals surface area contributed by atoms with Crippen molar-refractivity contribution in [1.82, 2.24) is 19.8 Å². The van der Waals surface area contributed by atoms with E-state index in [2.05, 4.69) is 20.8 Å². The summed E-state index contributed by atoms with van der Waals surface area (Å²) in [5.41, 5.74) is 0. The summed E-state index contributed by atoms with van der Waals surface area (Å²) in [5, 5.41) is 13.2. The van der Waals surface area contributed by atoms with Gasteiger partial charge in [-0.15, -0.1) is 10.2 Å². The van der Waals surface area contributed by atoms with Crippen molar-refractivity contribution in [2.75, 3.05) is 44.1 Å². The minimum absolute atomic E-state index is 0.0948. The van der Waals surface area contributed by atoms with Gasteiger partial charge >= 0.3 is 0 Å². The van der Waals surface area contributed by atoms with Crippen LogP contribution in [0.5, 0.6) is 0 Å². The SMILES string of the molecule is CN(CC(=O)Nc1nnc(SCC(=O)NCC2CCCO2)s1)S(C)(=O)=O. The van der Waals surface area contributed by atoms with Crippen LogP contribution in [0, 0.1) is 0 Å². The van der Waals surface area contributed by atoms with Crippen molar-refractivity contribution >= 4 is 50.1 Å². The molecule has 1 aromatic rings. The van der Waals surface area contributed by atoms with Crippen LogP contribution in [0.4, 0.5) is 5.13 Å². The first-order valence-corrected chi connectivity index (χ1v) is 11.4. The smallest absolute Gasteiger partial charge is 0.241 e. The van der Waals surface area contributed by atoms with Gasteiger partial charge in [0.15, 0.2) is 4.34 Å². The highest BCUT2D eigenvalue weighted by atomic mass is 32.2. The molecule has 2 N–H and O–H groups in total. The number of rotatable bonds is 9. The van der Waals surface area contributed by atoms with Crippen LogP contribution in [0.25, 0.3) is 0 Å². The molecule has 1 saturated heterocycles. The summed E-state index contributed by atoms with van der Waals surface area (Å²) in [6.45, 7) is 0.936. The molecule has 0 saturated carbocycles. The minimum Gasteiger partial charge on any atom is -0.376 e. The molecule has 1 atom stereocenters. The molecule has 10 nitrogen and oxygen atoms in total. The minimum atomic E-state index is -3.43. The first kappa shape index (κ1) is 21.0. The quantitative estimate of drug-likeness (QED) is 0.411. The van der Waals surface area contributed by atoms with Crippen LogP contribution in [0.15, 0.2) is 4.34 Å². The number of thioether (sulfide) groups is 1. The van der Waals surface area contributed by atoms with Gasteiger partial charge in [-0.2, -0.15) is 4.31 Å². The molecular weight excluding hydrogens is 402 g/mol. The summed E-state index contributed by atoms with van der Waals surface area (Å²) in [7, 11) is -2.12. The molecule has 2 heterocycles. The maximum absolute atomic E-state index is 11.8. The van der Waals surface area contributed by atoms with Gasteiger partial charge in [-0.3, -0.25) is 14.9 Å². The number of ether oxygens (including phenoxy) is 1. The second-order valence-electron chi connectivity index (χ2n) is 5.67. The zero-order valence-corrected chi connectivity index (χ0v) is 16.9. The van der Waals surface area contributed by atoms with Gasteiger partial charge in [0.25, 0.3) is 0 Å². The number of likely N-dealkylation sites (N-methyl/N-ethyl adjacent to an activating group) is 1. The molecule has 1 aliphatic heterocycles. The van der Waals surface area contributed by atoms with Crippen molar-refractivity contribution in [2.45, 2.75) is 23.3 Å². The monoisotopic (exact) mass is 423 g/mol. The zero-order chi connectivity index (χ0) is 19.2. The van der Waals surface area contributed by atoms with Crippen molar-refractivity contribution < 1.29 is 22.7 Å². The summed E-state index contributed by atoms with van der Waals surface area (Å²) in [6, 6.07) is 0. The van der Waals surface area contributed by atoms with Crippen LogP contribution in [-0.2, 0) is 24.3 Å². The summed E-state index contributed by atoms with van der Waals surface area (Å²) >= 11 is 2.33. The van der Waals surface area contributed by atoms with Crippen molar-refractivity contribution in [3.05, 3.63) is 0 Å². The fraction of sp³-hybridized carbons (Fsp3) is 0.692. The number of nitrogens with one attached hydrogen (secondary N) is 2. The number of carbonyl (C=O) groups is 2. The molecule has 0 aliphatic carbocycles. The molecule has 2 rings (SSSR count). The second-order valence-corrected chi connectivity index (χ2v) is 9.96. The third-order valence-corrected chi connectivity index (χ3v) is 6.70. The van der Waals surface area contributed by atoms with Crippen LogP contribution < -0.4 is 10.6 Å². The number of amides is 2. The van der Waals surface area contributed by atoms with E-state index in [0.717, 1.165) is 41.3 Å². The van der Waals surface area contributed by atoms with Gasteiger partial charge in [-0.25, -0.2) is 8.42 Å². The number of sulfonamides is 1. The van der Waals surface area contributed by atoms with E-state index in [9.17, 15) is 18.0 Å². The average molecular weight is 424 g/mol. The first-order valence-electron chi connectivity index (χ1n) is 7.80. The van der Waals surface area contributed by atoms with Gasteiger partial charge in [-0.05, 0) is 12.8 Å². The molecule has 0 radical (unpaired) electrons. The summed E-state index contributed by atoms with van der Waals surface area (Å²) < 4.78 is 29.5. The number of nitrogens with zero attached hydrogens (tertiary/aromatic N) is 3. The maximum Gasteiger partial charge on any atom is 0.241 e. The van der Waals surface area contributed by atoms with Gasteiger partial charge in [0.1, 0.15) is 0 Å². The van der Waals surface area contributed by atoms with Crippen molar-refractivity contribution in [3.8, 4) is 0 Å². The Bertz CT molecular complexity index is 732. The second kappa shape index (κ2) is 9.60. The Hall–Kier alpha value is -1.28. The van der Waals surface area contributed by atoms with E-state index in [1.807, 2.05) is 0 Å². The highest BCUT2D eigenvalue weighted by Gasteiger charge is 2.18. The van der Waals surface area contributed by atoms with Crippen molar-refractivity contribution in [2.24, 2.45) is 0 Å². The Labute approximate surface area is 160 Å². The molecule has 0 aromatic carbocycles. The molecule has 13 heteroatoms. The van der Waals surface area contributed by atoms with E-state index < -0.39 is 15.9 Å². The normalized spacial score (nSPS) is 17.4. The van der Waals surface area contributed by atoms with Gasteiger partial charge in [0.05, 0.1) is 24.7 Å². The third kappa shape index (κ3) is 7.15. The molecule has 0 bridgehead atoms. The van der Waals surface area contributed by atoms with Gasteiger partial charge in [0, 0.05) is 20.2 Å². The largest absolute Gasteiger partial charge is 0.376 e. The molecule has 26 heavy (non-hydrogen) atoms. The van der Waals surface area contributed by atoms with Crippen molar-refractivity contribution in [1.29, 1.82) is 0 Å². The Balaban J connectivity index is 1.71. The van der Waals surface area contributed by atoms with E-state index in [-0.39, 0.29) is 29.4 Å². The average Bonchev–Trinajstić information content (AvgIpc) is 3.21. The Morgan fingerprint density at radius 3 is 2.81 bits per heavy atom. The molecule has 1 aromatic heterocycles. The summed E-state index contributed by atoms with van der Waals surface area (Å²) in [5.74, 6) is -0.451. The highest BCUT2D eigenvalue weighted by molar-refractivity contribution is 8.01. The predicted octanol–water partition coefficient (Wildman–Crippen LogP) is -0.245. The van der Waals surface area contributed by atoms with Crippen LogP contribution in [0.3, 0.4) is 0 Å². The van der Waals surface area contributed by atoms with Crippen LogP contribution in [0.2, 0.25) is 0 Å². The third-order valence-electron chi connectivity index (χ3n) is 3.46. The number of aromatic nitrogens is 2. The molecule has 146 valence electrons. The topological polar surface area (TPSA) is 131 Å². The summed E-state index contributed by atoms with van der Waals surface area (Å²) in [4.78, 5) is 23.6. The Morgan fingerprint density at radius 2 is 2.15 bits per heavy atom. The lowest BCUT2D eigenvalue weighted by atomic mass is 10.2. The fourth-order valence-electron chi connectivity index (χ4n) is 2.01. The lowest BCUT2D eigenvalue weighted by Gasteiger charge is -2.12. The van der Waals surface area contributed by atoms with E-state index in [4.69, 9.17) is 4.74 Å². The van der Waals surface area contributed by atoms with E-state index in [1.165, 1.54) is 18.8 Å². The van der Waals surface area contributed by atoms with Gasteiger partial charge in [0.2, 0.25) is 27.0 Å².